The standard InChI is InChI=1S/C19H27N3O4/c1-3-20-18(24)14-5-7-16(8-6-14)21-13-17(23)22-11-9-15(10-12-22)19(25)26-4-2/h5-8,15,21H,3-4,9-13H2,1-2H3,(H,20,24). The van der Waals surface area contributed by atoms with E-state index in [1.54, 1.807) is 36.1 Å². The SMILES string of the molecule is CCNC(=O)c1ccc(NCC(=O)N2CCC(C(=O)OCC)CC2)cc1. The van der Waals surface area contributed by atoms with E-state index in [4.69, 9.17) is 4.74 Å². The summed E-state index contributed by atoms with van der Waals surface area (Å²) >= 11 is 0. The van der Waals surface area contributed by atoms with Crippen LogP contribution in [-0.4, -0.2) is 55.5 Å². The van der Waals surface area contributed by atoms with Gasteiger partial charge in [0.25, 0.3) is 5.91 Å². The molecule has 0 aromatic heterocycles. The second-order valence-electron chi connectivity index (χ2n) is 6.20. The topological polar surface area (TPSA) is 87.7 Å². The number of carbonyl (C=O) groups is 3. The number of amides is 2. The van der Waals surface area contributed by atoms with Gasteiger partial charge in [-0.2, -0.15) is 0 Å². The zero-order valence-electron chi connectivity index (χ0n) is 15.4. The van der Waals surface area contributed by atoms with E-state index in [2.05, 4.69) is 10.6 Å². The summed E-state index contributed by atoms with van der Waals surface area (Å²) in [7, 11) is 0. The number of anilines is 1. The Hall–Kier alpha value is -2.57. The molecule has 1 saturated heterocycles. The molecule has 0 atom stereocenters. The number of esters is 1. The second kappa shape index (κ2) is 9.79. The summed E-state index contributed by atoms with van der Waals surface area (Å²) in [6.45, 7) is 5.96. The lowest BCUT2D eigenvalue weighted by molar-refractivity contribution is -0.151. The fraction of sp³-hybridized carbons (Fsp3) is 0.526. The van der Waals surface area contributed by atoms with Crippen LogP contribution in [0.25, 0.3) is 0 Å². The summed E-state index contributed by atoms with van der Waals surface area (Å²) in [5.41, 5.74) is 1.37. The third-order valence-electron chi connectivity index (χ3n) is 4.40. The number of piperidine rings is 1. The molecule has 0 radical (unpaired) electrons. The molecule has 7 heteroatoms. The molecular weight excluding hydrogens is 334 g/mol. The van der Waals surface area contributed by atoms with E-state index in [0.717, 1.165) is 5.69 Å². The van der Waals surface area contributed by atoms with E-state index < -0.39 is 0 Å². The van der Waals surface area contributed by atoms with Crippen LogP contribution < -0.4 is 10.6 Å². The van der Waals surface area contributed by atoms with Crippen molar-refractivity contribution in [3.8, 4) is 0 Å². The number of hydrogen-bond donors (Lipinski definition) is 2. The Labute approximate surface area is 154 Å². The summed E-state index contributed by atoms with van der Waals surface area (Å²) in [4.78, 5) is 37.5. The van der Waals surface area contributed by atoms with Crippen LogP contribution in [-0.2, 0) is 14.3 Å². The average molecular weight is 361 g/mol. The van der Waals surface area contributed by atoms with Crippen molar-refractivity contribution in [2.45, 2.75) is 26.7 Å². The highest BCUT2D eigenvalue weighted by Crippen LogP contribution is 2.19. The molecule has 2 rings (SSSR count). The van der Waals surface area contributed by atoms with Crippen LogP contribution in [0.1, 0.15) is 37.0 Å². The molecule has 0 saturated carbocycles. The highest BCUT2D eigenvalue weighted by molar-refractivity contribution is 5.94. The van der Waals surface area contributed by atoms with Crippen molar-refractivity contribution >= 4 is 23.5 Å². The number of likely N-dealkylation sites (tertiary alicyclic amines) is 1. The average Bonchev–Trinajstić information content (AvgIpc) is 2.67. The molecular formula is C19H27N3O4. The Bertz CT molecular complexity index is 622. The highest BCUT2D eigenvalue weighted by atomic mass is 16.5. The van der Waals surface area contributed by atoms with Crippen LogP contribution in [0.5, 0.6) is 0 Å². The van der Waals surface area contributed by atoms with Gasteiger partial charge < -0.3 is 20.3 Å². The summed E-state index contributed by atoms with van der Waals surface area (Å²) in [6.07, 6.45) is 1.29. The first-order chi connectivity index (χ1) is 12.5. The molecule has 1 aliphatic rings. The minimum Gasteiger partial charge on any atom is -0.466 e. The van der Waals surface area contributed by atoms with E-state index in [0.29, 0.717) is 44.6 Å². The fourth-order valence-electron chi connectivity index (χ4n) is 2.92. The van der Waals surface area contributed by atoms with Crippen LogP contribution in [0.3, 0.4) is 0 Å². The first kappa shape index (κ1) is 19.8. The Morgan fingerprint density at radius 3 is 2.35 bits per heavy atom. The lowest BCUT2D eigenvalue weighted by Crippen LogP contribution is -2.43. The van der Waals surface area contributed by atoms with Crippen molar-refractivity contribution in [3.63, 3.8) is 0 Å². The summed E-state index contributed by atoms with van der Waals surface area (Å²) in [5.74, 6) is -0.376. The van der Waals surface area contributed by atoms with Gasteiger partial charge in [0.05, 0.1) is 19.1 Å². The van der Waals surface area contributed by atoms with E-state index >= 15 is 0 Å². The van der Waals surface area contributed by atoms with Crippen molar-refractivity contribution in [1.82, 2.24) is 10.2 Å². The molecule has 0 aliphatic carbocycles. The zero-order valence-corrected chi connectivity index (χ0v) is 15.4. The van der Waals surface area contributed by atoms with Gasteiger partial charge in [0, 0.05) is 30.9 Å². The van der Waals surface area contributed by atoms with Crippen molar-refractivity contribution in [2.75, 3.05) is 38.1 Å². The normalized spacial score (nSPS) is 14.6. The number of nitrogens with one attached hydrogen (secondary N) is 2. The summed E-state index contributed by atoms with van der Waals surface area (Å²) in [5, 5.41) is 5.82. The van der Waals surface area contributed by atoms with Crippen molar-refractivity contribution in [3.05, 3.63) is 29.8 Å². The molecule has 2 N–H and O–H groups in total. The number of hydrogen-bond acceptors (Lipinski definition) is 5. The Balaban J connectivity index is 1.77. The molecule has 1 fully saturated rings. The van der Waals surface area contributed by atoms with Gasteiger partial charge >= 0.3 is 5.97 Å². The molecule has 142 valence electrons. The van der Waals surface area contributed by atoms with E-state index in [1.165, 1.54) is 0 Å². The van der Waals surface area contributed by atoms with Gasteiger partial charge in [-0.05, 0) is 51.0 Å². The van der Waals surface area contributed by atoms with Crippen LogP contribution in [0, 0.1) is 5.92 Å². The van der Waals surface area contributed by atoms with Crippen LogP contribution >= 0.6 is 0 Å². The number of nitrogens with zero attached hydrogens (tertiary/aromatic N) is 1. The van der Waals surface area contributed by atoms with Crippen molar-refractivity contribution in [2.24, 2.45) is 5.92 Å². The first-order valence-electron chi connectivity index (χ1n) is 9.11. The lowest BCUT2D eigenvalue weighted by Gasteiger charge is -2.31. The van der Waals surface area contributed by atoms with Crippen molar-refractivity contribution in [1.29, 1.82) is 0 Å². The molecule has 0 unspecified atom stereocenters. The van der Waals surface area contributed by atoms with E-state index in [9.17, 15) is 14.4 Å². The molecule has 2 amide bonds. The fourth-order valence-corrected chi connectivity index (χ4v) is 2.92. The largest absolute Gasteiger partial charge is 0.466 e. The third-order valence-corrected chi connectivity index (χ3v) is 4.40. The quantitative estimate of drug-likeness (QED) is 0.721. The number of benzene rings is 1. The van der Waals surface area contributed by atoms with Crippen molar-refractivity contribution < 1.29 is 19.1 Å². The summed E-state index contributed by atoms with van der Waals surface area (Å²) < 4.78 is 5.04. The molecule has 26 heavy (non-hydrogen) atoms. The number of rotatable bonds is 7. The van der Waals surface area contributed by atoms with Gasteiger partial charge in [-0.1, -0.05) is 0 Å². The molecule has 1 aromatic carbocycles. The van der Waals surface area contributed by atoms with Gasteiger partial charge in [-0.3, -0.25) is 14.4 Å². The molecule has 7 nitrogen and oxygen atoms in total. The Kier molecular flexibility index (Phi) is 7.44. The van der Waals surface area contributed by atoms with Gasteiger partial charge in [-0.25, -0.2) is 0 Å². The lowest BCUT2D eigenvalue weighted by atomic mass is 9.97. The maximum atomic E-state index is 12.3. The number of carbonyl (C=O) groups excluding carboxylic acids is 3. The molecule has 1 aromatic rings. The van der Waals surface area contributed by atoms with Crippen LogP contribution in [0.2, 0.25) is 0 Å². The smallest absolute Gasteiger partial charge is 0.309 e. The zero-order chi connectivity index (χ0) is 18.9. The van der Waals surface area contributed by atoms with E-state index in [-0.39, 0.29) is 30.2 Å². The molecule has 1 heterocycles. The van der Waals surface area contributed by atoms with Gasteiger partial charge in [0.15, 0.2) is 0 Å². The summed E-state index contributed by atoms with van der Waals surface area (Å²) in [6, 6.07) is 7.01. The molecule has 0 bridgehead atoms. The third kappa shape index (κ3) is 5.47. The van der Waals surface area contributed by atoms with E-state index in [1.807, 2.05) is 6.92 Å². The predicted octanol–water partition coefficient (Wildman–Crippen LogP) is 1.65. The monoisotopic (exact) mass is 361 g/mol. The van der Waals surface area contributed by atoms with Gasteiger partial charge in [0.2, 0.25) is 5.91 Å². The van der Waals surface area contributed by atoms with Crippen LogP contribution in [0.15, 0.2) is 24.3 Å². The highest BCUT2D eigenvalue weighted by Gasteiger charge is 2.27. The van der Waals surface area contributed by atoms with Crippen LogP contribution in [0.4, 0.5) is 5.69 Å². The van der Waals surface area contributed by atoms with Gasteiger partial charge in [0.1, 0.15) is 0 Å². The first-order valence-corrected chi connectivity index (χ1v) is 9.11. The minimum absolute atomic E-state index is 0.000103. The number of ether oxygens (including phenoxy) is 1. The molecule has 0 spiro atoms. The predicted molar refractivity (Wildman–Crippen MR) is 98.9 cm³/mol. The Morgan fingerprint density at radius 2 is 1.77 bits per heavy atom. The molecule has 1 aliphatic heterocycles. The maximum Gasteiger partial charge on any atom is 0.309 e. The second-order valence-corrected chi connectivity index (χ2v) is 6.20. The van der Waals surface area contributed by atoms with Gasteiger partial charge in [-0.15, -0.1) is 0 Å². The Morgan fingerprint density at radius 1 is 1.12 bits per heavy atom. The maximum absolute atomic E-state index is 12.3. The minimum atomic E-state index is -0.162.